The van der Waals surface area contributed by atoms with E-state index in [1.165, 1.54) is 30.3 Å². The second-order valence-electron chi connectivity index (χ2n) is 8.17. The van der Waals surface area contributed by atoms with Crippen molar-refractivity contribution in [1.29, 1.82) is 0 Å². The number of carbonyl (C=O) groups is 2. The van der Waals surface area contributed by atoms with Crippen molar-refractivity contribution in [3.05, 3.63) is 89.0 Å². The van der Waals surface area contributed by atoms with Crippen LogP contribution in [0.4, 0.5) is 13.2 Å². The molecular formula is C28H27F3N2O6. The Morgan fingerprint density at radius 3 is 2.18 bits per heavy atom. The quantitative estimate of drug-likeness (QED) is 0.235. The molecule has 3 aromatic rings. The first-order valence-corrected chi connectivity index (χ1v) is 11.8. The highest BCUT2D eigenvalue weighted by Gasteiger charge is 2.31. The van der Waals surface area contributed by atoms with Crippen molar-refractivity contribution in [2.75, 3.05) is 26.9 Å². The van der Waals surface area contributed by atoms with Crippen molar-refractivity contribution in [2.24, 2.45) is 5.73 Å². The molecule has 0 aliphatic heterocycles. The zero-order chi connectivity index (χ0) is 28.4. The average molecular weight is 545 g/mol. The number of aliphatic hydroxyl groups excluding tert-OH is 1. The van der Waals surface area contributed by atoms with Crippen molar-refractivity contribution in [3.8, 4) is 17.2 Å². The Bertz CT molecular complexity index is 1310. The fourth-order valence-electron chi connectivity index (χ4n) is 3.59. The summed E-state index contributed by atoms with van der Waals surface area (Å²) < 4.78 is 52.4. The summed E-state index contributed by atoms with van der Waals surface area (Å²) in [5.74, 6) is -0.788. The lowest BCUT2D eigenvalue weighted by molar-refractivity contribution is -0.274. The van der Waals surface area contributed by atoms with Crippen LogP contribution in [0.2, 0.25) is 0 Å². The van der Waals surface area contributed by atoms with Crippen LogP contribution in [0.25, 0.3) is 11.6 Å². The van der Waals surface area contributed by atoms with Gasteiger partial charge in [0.15, 0.2) is 0 Å². The largest absolute Gasteiger partial charge is 0.573 e. The highest BCUT2D eigenvalue weighted by atomic mass is 19.4. The predicted molar refractivity (Wildman–Crippen MR) is 138 cm³/mol. The molecule has 2 amide bonds. The van der Waals surface area contributed by atoms with Crippen LogP contribution in [0.5, 0.6) is 17.2 Å². The number of ether oxygens (including phenoxy) is 3. The number of hydrogen-bond acceptors (Lipinski definition) is 6. The number of primary amides is 1. The third-order valence-electron chi connectivity index (χ3n) is 5.43. The number of benzene rings is 3. The van der Waals surface area contributed by atoms with Gasteiger partial charge in [0.2, 0.25) is 5.91 Å². The molecule has 0 fully saturated rings. The van der Waals surface area contributed by atoms with Crippen LogP contribution in [-0.2, 0) is 11.2 Å². The lowest BCUT2D eigenvalue weighted by atomic mass is 9.96. The molecule has 0 heterocycles. The topological polar surface area (TPSA) is 120 Å². The Morgan fingerprint density at radius 2 is 1.59 bits per heavy atom. The van der Waals surface area contributed by atoms with Gasteiger partial charge in [0.05, 0.1) is 20.3 Å². The van der Waals surface area contributed by atoms with E-state index < -0.39 is 23.9 Å². The van der Waals surface area contributed by atoms with E-state index in [1.807, 2.05) is 24.3 Å². The number of amides is 2. The molecule has 0 saturated carbocycles. The van der Waals surface area contributed by atoms with E-state index in [9.17, 15) is 22.8 Å². The highest BCUT2D eigenvalue weighted by molar-refractivity contribution is 6.26. The van der Waals surface area contributed by atoms with Crippen molar-refractivity contribution >= 4 is 23.5 Å². The molecule has 8 nitrogen and oxygen atoms in total. The SMILES string of the molecule is COc1ccc(CCOc2ccc(C(N)=O)c(/C(=C/c3ccc(OC(F)(F)F)cc3)C(=O)NCCO)c2)cc1. The minimum Gasteiger partial charge on any atom is -0.497 e. The molecule has 0 saturated heterocycles. The number of rotatable bonds is 12. The summed E-state index contributed by atoms with van der Waals surface area (Å²) in [7, 11) is 1.58. The predicted octanol–water partition coefficient (Wildman–Crippen LogP) is 3.96. The van der Waals surface area contributed by atoms with Gasteiger partial charge in [0.25, 0.3) is 5.91 Å². The maximum absolute atomic E-state index is 13.0. The van der Waals surface area contributed by atoms with E-state index in [2.05, 4.69) is 10.1 Å². The third-order valence-corrected chi connectivity index (χ3v) is 5.43. The molecule has 4 N–H and O–H groups in total. The molecule has 0 atom stereocenters. The molecule has 0 aliphatic rings. The van der Waals surface area contributed by atoms with Gasteiger partial charge in [-0.25, -0.2) is 0 Å². The molecule has 39 heavy (non-hydrogen) atoms. The zero-order valence-electron chi connectivity index (χ0n) is 21.0. The number of methoxy groups -OCH3 is 1. The van der Waals surface area contributed by atoms with Crippen LogP contribution in [0.3, 0.4) is 0 Å². The van der Waals surface area contributed by atoms with Crippen molar-refractivity contribution in [2.45, 2.75) is 12.8 Å². The zero-order valence-corrected chi connectivity index (χ0v) is 21.0. The third kappa shape index (κ3) is 8.78. The molecule has 0 aliphatic carbocycles. The van der Waals surface area contributed by atoms with Crippen LogP contribution in [0.1, 0.15) is 27.0 Å². The molecular weight excluding hydrogens is 517 g/mol. The van der Waals surface area contributed by atoms with E-state index in [-0.39, 0.29) is 36.5 Å². The van der Waals surface area contributed by atoms with Crippen LogP contribution < -0.4 is 25.3 Å². The van der Waals surface area contributed by atoms with Gasteiger partial charge in [-0.2, -0.15) is 0 Å². The minimum absolute atomic E-state index is 0.0117. The fraction of sp³-hybridized carbons (Fsp3) is 0.214. The highest BCUT2D eigenvalue weighted by Crippen LogP contribution is 2.29. The number of halogens is 3. The molecule has 3 aromatic carbocycles. The second kappa shape index (κ2) is 13.3. The van der Waals surface area contributed by atoms with Crippen LogP contribution in [0.15, 0.2) is 66.7 Å². The summed E-state index contributed by atoms with van der Waals surface area (Å²) in [6.07, 6.45) is -2.90. The first kappa shape index (κ1) is 29.1. The summed E-state index contributed by atoms with van der Waals surface area (Å²) in [4.78, 5) is 25.2. The summed E-state index contributed by atoms with van der Waals surface area (Å²) in [6, 6.07) is 16.8. The van der Waals surface area contributed by atoms with Gasteiger partial charge in [0, 0.05) is 29.7 Å². The van der Waals surface area contributed by atoms with Gasteiger partial charge in [-0.15, -0.1) is 13.2 Å². The Labute approximate surface area is 222 Å². The Kier molecular flexibility index (Phi) is 9.93. The van der Waals surface area contributed by atoms with E-state index in [1.54, 1.807) is 13.2 Å². The number of hydrogen-bond donors (Lipinski definition) is 3. The normalized spacial score (nSPS) is 11.6. The Hall–Kier alpha value is -4.51. The molecule has 0 unspecified atom stereocenters. The molecule has 11 heteroatoms. The van der Waals surface area contributed by atoms with Crippen LogP contribution in [0, 0.1) is 0 Å². The van der Waals surface area contributed by atoms with Crippen LogP contribution >= 0.6 is 0 Å². The monoisotopic (exact) mass is 544 g/mol. The number of nitrogens with one attached hydrogen (secondary N) is 1. The first-order chi connectivity index (χ1) is 18.6. The van der Waals surface area contributed by atoms with Gasteiger partial charge in [-0.3, -0.25) is 9.59 Å². The summed E-state index contributed by atoms with van der Waals surface area (Å²) in [5.41, 5.74) is 7.08. The molecule has 0 aromatic heterocycles. The second-order valence-corrected chi connectivity index (χ2v) is 8.17. The Morgan fingerprint density at radius 1 is 0.949 bits per heavy atom. The Balaban J connectivity index is 1.91. The van der Waals surface area contributed by atoms with Gasteiger partial charge in [0.1, 0.15) is 17.2 Å². The lowest BCUT2D eigenvalue weighted by Crippen LogP contribution is -2.28. The van der Waals surface area contributed by atoms with E-state index in [0.717, 1.165) is 23.4 Å². The van der Waals surface area contributed by atoms with E-state index in [4.69, 9.17) is 20.3 Å². The van der Waals surface area contributed by atoms with Gasteiger partial charge < -0.3 is 30.4 Å². The van der Waals surface area contributed by atoms with Crippen LogP contribution in [-0.4, -0.2) is 50.2 Å². The summed E-state index contributed by atoms with van der Waals surface area (Å²) in [6.45, 7) is -0.115. The smallest absolute Gasteiger partial charge is 0.497 e. The fourth-order valence-corrected chi connectivity index (χ4v) is 3.59. The summed E-state index contributed by atoms with van der Waals surface area (Å²) in [5, 5.41) is 11.7. The van der Waals surface area contributed by atoms with Crippen molar-refractivity contribution in [3.63, 3.8) is 0 Å². The minimum atomic E-state index is -4.85. The average Bonchev–Trinajstić information content (AvgIpc) is 2.90. The number of alkyl halides is 3. The maximum Gasteiger partial charge on any atom is 0.573 e. The number of aliphatic hydroxyl groups is 1. The van der Waals surface area contributed by atoms with E-state index >= 15 is 0 Å². The molecule has 0 spiro atoms. The molecule has 0 radical (unpaired) electrons. The molecule has 206 valence electrons. The number of carbonyl (C=O) groups excluding carboxylic acids is 2. The van der Waals surface area contributed by atoms with Crippen molar-refractivity contribution < 1.29 is 42.1 Å². The standard InChI is InChI=1S/C28H27F3N2O6/c1-37-20-6-2-18(3-7-20)12-15-38-22-10-11-23(26(32)35)24(17-22)25(27(36)33-13-14-34)16-19-4-8-21(9-5-19)39-28(29,30)31/h2-11,16-17,34H,12-15H2,1H3,(H2,32,35)(H,33,36)/b25-16-. The van der Waals surface area contributed by atoms with Gasteiger partial charge in [-0.05, 0) is 59.7 Å². The lowest BCUT2D eigenvalue weighted by Gasteiger charge is -2.15. The van der Waals surface area contributed by atoms with Crippen molar-refractivity contribution in [1.82, 2.24) is 5.32 Å². The molecule has 3 rings (SSSR count). The van der Waals surface area contributed by atoms with Gasteiger partial charge >= 0.3 is 6.36 Å². The molecule has 0 bridgehead atoms. The summed E-state index contributed by atoms with van der Waals surface area (Å²) >= 11 is 0. The van der Waals surface area contributed by atoms with Gasteiger partial charge in [-0.1, -0.05) is 24.3 Å². The first-order valence-electron chi connectivity index (χ1n) is 11.8. The van der Waals surface area contributed by atoms with E-state index in [0.29, 0.717) is 17.7 Å². The maximum atomic E-state index is 13.0. The number of nitrogens with two attached hydrogens (primary N) is 1.